The molecule has 37 heavy (non-hydrogen) atoms. The van der Waals surface area contributed by atoms with Crippen LogP contribution in [0.2, 0.25) is 5.02 Å². The summed E-state index contributed by atoms with van der Waals surface area (Å²) in [6, 6.07) is 23.1. The summed E-state index contributed by atoms with van der Waals surface area (Å²) in [4.78, 5) is 0. The fraction of sp³-hybridized carbons (Fsp3) is 0.111. The van der Waals surface area contributed by atoms with Crippen molar-refractivity contribution >= 4 is 19.3 Å². The van der Waals surface area contributed by atoms with Crippen LogP contribution in [0.25, 0.3) is 0 Å². The van der Waals surface area contributed by atoms with Gasteiger partial charge in [0.25, 0.3) is 0 Å². The monoisotopic (exact) mass is 538 g/mol. The highest BCUT2D eigenvalue weighted by atomic mass is 35.5. The third-order valence-electron chi connectivity index (χ3n) is 4.84. The van der Waals surface area contributed by atoms with E-state index in [1.54, 1.807) is 87.3 Å². The Morgan fingerprint density at radius 2 is 1.38 bits per heavy atom. The van der Waals surface area contributed by atoms with Gasteiger partial charge in [0.2, 0.25) is 0 Å². The number of aryl methyl sites for hydroxylation is 1. The maximum absolute atomic E-state index is 13.7. The molecule has 190 valence electrons. The lowest BCUT2D eigenvalue weighted by atomic mass is 10.2. The van der Waals surface area contributed by atoms with Crippen molar-refractivity contribution < 1.29 is 32.5 Å². The van der Waals surface area contributed by atoms with Crippen molar-refractivity contribution in [2.75, 3.05) is 14.2 Å². The van der Waals surface area contributed by atoms with Crippen LogP contribution in [0.1, 0.15) is 11.1 Å². The summed E-state index contributed by atoms with van der Waals surface area (Å²) in [7, 11) is -0.596. The molecule has 0 aliphatic rings. The Morgan fingerprint density at radius 3 is 1.81 bits per heavy atom. The Kier molecular flexibility index (Phi) is 9.39. The van der Waals surface area contributed by atoms with Crippen molar-refractivity contribution in [2.24, 2.45) is 0 Å². The molecule has 1 aromatic heterocycles. The van der Waals surface area contributed by atoms with Crippen LogP contribution in [-0.2, 0) is 4.57 Å². The van der Waals surface area contributed by atoms with E-state index in [-0.39, 0.29) is 11.3 Å². The predicted octanol–water partition coefficient (Wildman–Crippen LogP) is 5.70. The number of methoxy groups -OCH3 is 2. The lowest BCUT2D eigenvalue weighted by Crippen LogP contribution is -2.35. The highest BCUT2D eigenvalue weighted by molar-refractivity contribution is 7.47. The number of rotatable bonds is 7. The first-order valence-corrected chi connectivity index (χ1v) is 12.8. The normalized spacial score (nSPS) is 10.4. The van der Waals surface area contributed by atoms with E-state index >= 15 is 0 Å². The number of pyridine rings is 1. The maximum Gasteiger partial charge on any atom is 0.728 e. The third-order valence-corrected chi connectivity index (χ3v) is 6.86. The molecular weight excluding hydrogens is 515 g/mol. The van der Waals surface area contributed by atoms with Crippen LogP contribution in [0.3, 0.4) is 0 Å². The zero-order valence-corrected chi connectivity index (χ0v) is 22.0. The molecule has 3 aromatic carbocycles. The molecule has 0 spiro atoms. The highest BCUT2D eigenvalue weighted by Gasteiger charge is 2.42. The van der Waals surface area contributed by atoms with Gasteiger partial charge in [-0.15, -0.1) is 5.75 Å². The quantitative estimate of drug-likeness (QED) is 0.278. The molecule has 4 rings (SSSR count). The average Bonchev–Trinajstić information content (AvgIpc) is 2.91. The molecule has 8 nitrogen and oxygen atoms in total. The minimum Gasteiger partial charge on any atom is -0.872 e. The number of benzene rings is 3. The van der Waals surface area contributed by atoms with Gasteiger partial charge in [0, 0.05) is 11.6 Å². The fourth-order valence-electron chi connectivity index (χ4n) is 2.97. The Hall–Kier alpha value is -4.18. The predicted molar refractivity (Wildman–Crippen MR) is 137 cm³/mol. The van der Waals surface area contributed by atoms with Crippen molar-refractivity contribution in [2.45, 2.75) is 6.92 Å². The van der Waals surface area contributed by atoms with Gasteiger partial charge in [0.15, 0.2) is 12.4 Å². The Bertz CT molecular complexity index is 1370. The summed E-state index contributed by atoms with van der Waals surface area (Å²) in [5, 5.41) is 19.3. The Labute approximate surface area is 220 Å². The van der Waals surface area contributed by atoms with E-state index in [9.17, 15) is 9.67 Å². The molecule has 0 N–H and O–H groups in total. The molecule has 0 atom stereocenters. The minimum atomic E-state index is -3.75. The summed E-state index contributed by atoms with van der Waals surface area (Å²) >= 11 is 5.53. The Balaban J connectivity index is 0.000000319. The van der Waals surface area contributed by atoms with Gasteiger partial charge in [-0.2, -0.15) is 9.83 Å². The van der Waals surface area contributed by atoms with Gasteiger partial charge in [-0.3, -0.25) is 0 Å². The van der Waals surface area contributed by atoms with Gasteiger partial charge in [-0.05, 0) is 67.6 Å². The van der Waals surface area contributed by atoms with Crippen molar-refractivity contribution in [1.29, 1.82) is 5.26 Å². The summed E-state index contributed by atoms with van der Waals surface area (Å²) in [5.74, 6) is 1.97. The second kappa shape index (κ2) is 12.7. The molecular formula is C27H24ClN2O6P. The van der Waals surface area contributed by atoms with Gasteiger partial charge in [0.1, 0.15) is 29.1 Å². The van der Waals surface area contributed by atoms with E-state index in [0.29, 0.717) is 28.0 Å². The molecule has 0 saturated carbocycles. The van der Waals surface area contributed by atoms with E-state index in [0.717, 1.165) is 5.56 Å². The van der Waals surface area contributed by atoms with E-state index in [1.807, 2.05) is 13.0 Å². The van der Waals surface area contributed by atoms with Crippen molar-refractivity contribution in [3.8, 4) is 34.8 Å². The van der Waals surface area contributed by atoms with Crippen molar-refractivity contribution in [3.05, 3.63) is 107 Å². The van der Waals surface area contributed by atoms with Gasteiger partial charge in [0.05, 0.1) is 24.8 Å². The molecule has 0 radical (unpaired) electrons. The second-order valence-electron chi connectivity index (χ2n) is 7.52. The zero-order chi connectivity index (χ0) is 26.8. The van der Waals surface area contributed by atoms with Gasteiger partial charge in [-0.1, -0.05) is 28.1 Å². The van der Waals surface area contributed by atoms with Gasteiger partial charge in [-0.25, -0.2) is 0 Å². The van der Waals surface area contributed by atoms with Crippen LogP contribution in [-0.4, -0.2) is 14.2 Å². The number of aromatic nitrogens is 1. The molecule has 0 fully saturated rings. The molecule has 0 saturated heterocycles. The molecule has 0 bridgehead atoms. The smallest absolute Gasteiger partial charge is 0.728 e. The minimum absolute atomic E-state index is 0.194. The number of ether oxygens (including phenoxy) is 2. The number of halogens is 1. The molecule has 10 heteroatoms. The molecule has 0 unspecified atom stereocenters. The number of hydrogen-bond acceptors (Lipinski definition) is 7. The average molecular weight is 539 g/mol. The lowest BCUT2D eigenvalue weighted by molar-refractivity contribution is -0.536. The summed E-state index contributed by atoms with van der Waals surface area (Å²) in [6.45, 7) is 1.90. The van der Waals surface area contributed by atoms with Crippen LogP contribution < -0.4 is 28.0 Å². The van der Waals surface area contributed by atoms with Gasteiger partial charge < -0.3 is 23.6 Å². The van der Waals surface area contributed by atoms with E-state index < -0.39 is 7.75 Å². The second-order valence-corrected chi connectivity index (χ2v) is 9.69. The third kappa shape index (κ3) is 7.65. The summed E-state index contributed by atoms with van der Waals surface area (Å²) in [5.41, 5.74) is 1.16. The molecule has 0 aliphatic heterocycles. The summed E-state index contributed by atoms with van der Waals surface area (Å²) < 4.78 is 37.0. The van der Waals surface area contributed by atoms with E-state index in [1.165, 1.54) is 22.5 Å². The Morgan fingerprint density at radius 1 is 0.865 bits per heavy atom. The molecule has 0 amide bonds. The van der Waals surface area contributed by atoms with Crippen LogP contribution in [0.4, 0.5) is 0 Å². The molecule has 4 aromatic rings. The summed E-state index contributed by atoms with van der Waals surface area (Å²) in [6.07, 6.45) is 3.37. The fourth-order valence-corrected chi connectivity index (χ4v) is 4.70. The first-order valence-electron chi connectivity index (χ1n) is 10.9. The number of nitriles is 1. The van der Waals surface area contributed by atoms with Crippen molar-refractivity contribution in [3.63, 3.8) is 0 Å². The van der Waals surface area contributed by atoms with Crippen molar-refractivity contribution in [1.82, 2.24) is 0 Å². The first-order chi connectivity index (χ1) is 17.8. The number of hydrogen-bond donors (Lipinski definition) is 0. The number of nitrogens with zero attached hydrogens (tertiary/aromatic N) is 2. The van der Waals surface area contributed by atoms with Crippen LogP contribution >= 0.6 is 19.3 Å². The van der Waals surface area contributed by atoms with E-state index in [4.69, 9.17) is 35.4 Å². The standard InChI is InChI=1S/C20H21NO5P.C7H4ClNO/c1-16-5-4-14-21(15-16)27(22,25-19-10-6-17(23-2)7-11-19)26-20-12-8-18(24-3)9-13-20;8-7-2-1-6(10)3-5(7)4-9/h4-15H,1-3H3;1-3,10H/q+1;/p-1. The van der Waals surface area contributed by atoms with Crippen LogP contribution in [0, 0.1) is 18.3 Å². The lowest BCUT2D eigenvalue weighted by Gasteiger charge is -2.14. The van der Waals surface area contributed by atoms with Gasteiger partial charge >= 0.3 is 7.75 Å². The van der Waals surface area contributed by atoms with E-state index in [2.05, 4.69) is 0 Å². The largest absolute Gasteiger partial charge is 0.872 e. The maximum atomic E-state index is 13.7. The molecule has 1 heterocycles. The topological polar surface area (TPSA) is 105 Å². The zero-order valence-electron chi connectivity index (χ0n) is 20.3. The SMILES string of the molecule is COc1ccc(OP(=O)(Oc2ccc(OC)cc2)[n+]2cccc(C)c2)cc1.N#Cc1cc([O-])ccc1Cl. The van der Waals surface area contributed by atoms with Crippen LogP contribution in [0.5, 0.6) is 28.7 Å². The first kappa shape index (κ1) is 27.4. The van der Waals surface area contributed by atoms with Crippen LogP contribution in [0.15, 0.2) is 91.3 Å². The molecule has 0 aliphatic carbocycles. The highest BCUT2D eigenvalue weighted by Crippen LogP contribution is 2.44.